The van der Waals surface area contributed by atoms with E-state index in [0.29, 0.717) is 5.56 Å². The van der Waals surface area contributed by atoms with E-state index in [2.05, 4.69) is 0 Å². The number of hydrogen-bond donors (Lipinski definition) is 7. The normalized spacial score (nSPS) is 28.9. The molecule has 0 radical (unpaired) electrons. The summed E-state index contributed by atoms with van der Waals surface area (Å²) >= 11 is 0. The fourth-order valence-corrected chi connectivity index (χ4v) is 3.73. The number of phenolic OH excluding ortho intramolecular Hbond substituents is 3. The number of rotatable bonds is 5. The number of benzene rings is 2. The average Bonchev–Trinajstić information content (AvgIpc) is 2.79. The highest BCUT2D eigenvalue weighted by Gasteiger charge is 2.46. The van der Waals surface area contributed by atoms with E-state index in [1.165, 1.54) is 37.5 Å². The smallest absolute Gasteiger partial charge is 0.228 e. The molecule has 11 heteroatoms. The Morgan fingerprint density at radius 3 is 2.39 bits per heavy atom. The molecule has 1 saturated heterocycles. The number of hydrogen-bond acceptors (Lipinski definition) is 11. The van der Waals surface area contributed by atoms with E-state index in [4.69, 9.17) is 18.9 Å². The van der Waals surface area contributed by atoms with Crippen molar-refractivity contribution in [3.05, 3.63) is 47.2 Å². The van der Waals surface area contributed by atoms with Gasteiger partial charge in [-0.05, 0) is 18.2 Å². The third-order valence-electron chi connectivity index (χ3n) is 5.50. The maximum Gasteiger partial charge on any atom is 0.228 e. The van der Waals surface area contributed by atoms with Crippen molar-refractivity contribution in [3.8, 4) is 28.7 Å². The van der Waals surface area contributed by atoms with Gasteiger partial charge in [-0.15, -0.1) is 0 Å². The van der Waals surface area contributed by atoms with Gasteiger partial charge in [0.25, 0.3) is 0 Å². The lowest BCUT2D eigenvalue weighted by molar-refractivity contribution is -0.293. The van der Waals surface area contributed by atoms with Crippen molar-refractivity contribution in [3.63, 3.8) is 0 Å². The zero-order valence-electron chi connectivity index (χ0n) is 17.4. The van der Waals surface area contributed by atoms with Crippen LogP contribution in [0.4, 0.5) is 0 Å². The first-order valence-corrected chi connectivity index (χ1v) is 10.0. The molecule has 7 N–H and O–H groups in total. The topological polar surface area (TPSA) is 179 Å². The summed E-state index contributed by atoms with van der Waals surface area (Å²) in [4.78, 5) is 0. The van der Waals surface area contributed by atoms with Crippen LogP contribution in [-0.2, 0) is 9.47 Å². The molecule has 33 heavy (non-hydrogen) atoms. The molecule has 0 amide bonds. The van der Waals surface area contributed by atoms with Crippen LogP contribution in [0.15, 0.2) is 36.1 Å². The summed E-state index contributed by atoms with van der Waals surface area (Å²) in [7, 11) is 1.37. The molecule has 2 aromatic carbocycles. The number of phenols is 3. The second kappa shape index (κ2) is 8.96. The Labute approximate surface area is 187 Å². The zero-order valence-corrected chi connectivity index (χ0v) is 17.4. The lowest BCUT2D eigenvalue weighted by Crippen LogP contribution is -2.59. The van der Waals surface area contributed by atoms with Crippen LogP contribution >= 0.6 is 0 Å². The molecule has 1 unspecified atom stereocenters. The van der Waals surface area contributed by atoms with Gasteiger partial charge in [0.2, 0.25) is 6.29 Å². The molecule has 0 bridgehead atoms. The summed E-state index contributed by atoms with van der Waals surface area (Å²) in [6.07, 6.45) is -7.20. The third-order valence-corrected chi connectivity index (χ3v) is 5.50. The largest absolute Gasteiger partial charge is 0.508 e. The van der Waals surface area contributed by atoms with Crippen LogP contribution < -0.4 is 9.47 Å². The minimum Gasteiger partial charge on any atom is -0.508 e. The predicted molar refractivity (Wildman–Crippen MR) is 111 cm³/mol. The van der Waals surface area contributed by atoms with Gasteiger partial charge in [-0.2, -0.15) is 0 Å². The Hall–Kier alpha value is -3.22. The van der Waals surface area contributed by atoms with Gasteiger partial charge in [-0.3, -0.25) is 0 Å². The van der Waals surface area contributed by atoms with Crippen LogP contribution in [0.3, 0.4) is 0 Å². The number of ether oxygens (including phenoxy) is 4. The van der Waals surface area contributed by atoms with Gasteiger partial charge >= 0.3 is 0 Å². The molecule has 178 valence electrons. The van der Waals surface area contributed by atoms with Crippen LogP contribution in [0.1, 0.15) is 17.2 Å². The molecular formula is C22H24O11. The van der Waals surface area contributed by atoms with Gasteiger partial charge < -0.3 is 54.7 Å². The van der Waals surface area contributed by atoms with Crippen molar-refractivity contribution in [2.24, 2.45) is 0 Å². The molecule has 0 aliphatic carbocycles. The molecule has 1 fully saturated rings. The lowest BCUT2D eigenvalue weighted by Gasteiger charge is -2.41. The summed E-state index contributed by atoms with van der Waals surface area (Å²) in [6, 6.07) is 6.78. The molecule has 2 aliphatic heterocycles. The van der Waals surface area contributed by atoms with Crippen LogP contribution in [0.25, 0.3) is 6.08 Å². The minimum atomic E-state index is -1.67. The van der Waals surface area contributed by atoms with Gasteiger partial charge in [-0.1, -0.05) is 6.07 Å². The Morgan fingerprint density at radius 2 is 1.70 bits per heavy atom. The Morgan fingerprint density at radius 1 is 0.939 bits per heavy atom. The fraction of sp³-hybridized carbons (Fsp3) is 0.364. The summed E-state index contributed by atoms with van der Waals surface area (Å²) in [5.74, 6) is -0.353. The highest BCUT2D eigenvalue weighted by atomic mass is 16.7. The second-order valence-electron chi connectivity index (χ2n) is 7.67. The van der Waals surface area contributed by atoms with E-state index in [1.54, 1.807) is 0 Å². The summed E-state index contributed by atoms with van der Waals surface area (Å²) in [5.41, 5.74) is 0.614. The summed E-state index contributed by atoms with van der Waals surface area (Å²) < 4.78 is 22.3. The van der Waals surface area contributed by atoms with Gasteiger partial charge in [0, 0.05) is 17.7 Å². The van der Waals surface area contributed by atoms with Crippen LogP contribution in [0.2, 0.25) is 0 Å². The van der Waals surface area contributed by atoms with Crippen molar-refractivity contribution in [1.82, 2.24) is 0 Å². The molecule has 2 aliphatic rings. The van der Waals surface area contributed by atoms with Gasteiger partial charge in [0.15, 0.2) is 17.6 Å². The van der Waals surface area contributed by atoms with Crippen LogP contribution in [0, 0.1) is 0 Å². The number of aliphatic hydroxyl groups excluding tert-OH is 4. The van der Waals surface area contributed by atoms with Crippen molar-refractivity contribution in [1.29, 1.82) is 0 Å². The SMILES string of the molecule is COc1cc(C2Oc3cc(O)cc(O)c3C=C2O[C@@H]2O[C@H](CO)[C@@H](O)[C@@H](O)[C@H]2O)ccc1O. The average molecular weight is 464 g/mol. The Kier molecular flexibility index (Phi) is 6.23. The maximum absolute atomic E-state index is 10.4. The molecule has 4 rings (SSSR count). The molecule has 11 nitrogen and oxygen atoms in total. The standard InChI is InChI=1S/C22H24O11/c1-30-15-4-9(2-3-12(15)25)21-16(7-11-13(26)5-10(24)6-14(11)31-21)32-22-20(29)19(28)18(27)17(8-23)33-22/h2-7,17-29H,8H2,1H3/t17-,18-,19-,20-,21?,22-/m1/s1. The molecule has 0 aromatic heterocycles. The van der Waals surface area contributed by atoms with Crippen LogP contribution in [0.5, 0.6) is 28.7 Å². The molecule has 2 aromatic rings. The first kappa shape index (κ1) is 23.0. The third kappa shape index (κ3) is 4.24. The Bertz CT molecular complexity index is 1050. The quantitative estimate of drug-likeness (QED) is 0.319. The van der Waals surface area contributed by atoms with Gasteiger partial charge in [0.05, 0.1) is 19.3 Å². The first-order valence-electron chi connectivity index (χ1n) is 10.0. The molecule has 0 spiro atoms. The number of fused-ring (bicyclic) bond motifs is 1. The van der Waals surface area contributed by atoms with Crippen molar-refractivity contribution in [2.45, 2.75) is 36.8 Å². The molecule has 2 heterocycles. The monoisotopic (exact) mass is 464 g/mol. The van der Waals surface area contributed by atoms with E-state index >= 15 is 0 Å². The molecule has 6 atom stereocenters. The van der Waals surface area contributed by atoms with E-state index in [0.717, 1.165) is 6.07 Å². The number of methoxy groups -OCH3 is 1. The van der Waals surface area contributed by atoms with Gasteiger partial charge in [-0.25, -0.2) is 0 Å². The minimum absolute atomic E-state index is 0.0283. The number of aliphatic hydroxyl groups is 4. The lowest BCUT2D eigenvalue weighted by atomic mass is 9.98. The van der Waals surface area contributed by atoms with E-state index in [1.807, 2.05) is 0 Å². The molecular weight excluding hydrogens is 440 g/mol. The first-order chi connectivity index (χ1) is 15.7. The summed E-state index contributed by atoms with van der Waals surface area (Å²) in [5, 5.41) is 69.9. The number of aromatic hydroxyl groups is 3. The Balaban J connectivity index is 1.75. The van der Waals surface area contributed by atoms with Crippen LogP contribution in [-0.4, -0.2) is 80.2 Å². The predicted octanol–water partition coefficient (Wildman–Crippen LogP) is 0.103. The highest BCUT2D eigenvalue weighted by molar-refractivity contribution is 5.69. The summed E-state index contributed by atoms with van der Waals surface area (Å²) in [6.45, 7) is -0.637. The molecule has 0 saturated carbocycles. The van der Waals surface area contributed by atoms with Crippen molar-refractivity contribution >= 4 is 6.08 Å². The second-order valence-corrected chi connectivity index (χ2v) is 7.67. The van der Waals surface area contributed by atoms with E-state index in [9.17, 15) is 35.7 Å². The zero-order chi connectivity index (χ0) is 23.9. The maximum atomic E-state index is 10.4. The van der Waals surface area contributed by atoms with E-state index in [-0.39, 0.29) is 40.1 Å². The fourth-order valence-electron chi connectivity index (χ4n) is 3.73. The van der Waals surface area contributed by atoms with Crippen molar-refractivity contribution in [2.75, 3.05) is 13.7 Å². The van der Waals surface area contributed by atoms with E-state index < -0.39 is 43.4 Å². The van der Waals surface area contributed by atoms with Crippen molar-refractivity contribution < 1.29 is 54.7 Å². The highest BCUT2D eigenvalue weighted by Crippen LogP contribution is 2.45. The van der Waals surface area contributed by atoms with Gasteiger partial charge in [0.1, 0.15) is 47.4 Å².